The van der Waals surface area contributed by atoms with E-state index in [0.717, 1.165) is 24.3 Å². The summed E-state index contributed by atoms with van der Waals surface area (Å²) in [5, 5.41) is 2.79. The zero-order chi connectivity index (χ0) is 31.5. The quantitative estimate of drug-likeness (QED) is 0.221. The third-order valence-corrected chi connectivity index (χ3v) is 6.69. The van der Waals surface area contributed by atoms with Crippen LogP contribution < -0.4 is 10.6 Å². The molecule has 0 spiro atoms. The normalized spacial score (nSPS) is 14.3. The van der Waals surface area contributed by atoms with Crippen LogP contribution in [0.5, 0.6) is 0 Å². The Morgan fingerprint density at radius 2 is 1.46 bits per heavy atom. The molecule has 16 heteroatoms. The number of halogens is 12. The van der Waals surface area contributed by atoms with E-state index in [2.05, 4.69) is 0 Å². The third-order valence-electron chi connectivity index (χ3n) is 5.49. The molecule has 4 nitrogen and oxygen atoms in total. The Bertz CT molecular complexity index is 1280. The van der Waals surface area contributed by atoms with Crippen LogP contribution in [0.25, 0.3) is 6.08 Å². The summed E-state index contributed by atoms with van der Waals surface area (Å²) >= 11 is 17.4. The molecule has 226 valence electrons. The zero-order valence-electron chi connectivity index (χ0n) is 20.8. The number of rotatable bonds is 8. The van der Waals surface area contributed by atoms with Crippen molar-refractivity contribution in [3.63, 3.8) is 0 Å². The zero-order valence-corrected chi connectivity index (χ0v) is 23.1. The SMILES string of the molecule is CC(C)C(NC(=O)c1ccc(C=CC(c2cc(Cl)c(Cl)c(Cl)c2)C(F)(F)F)cc1C(F)(F)F)C(=O)NCC(F)(F)F. The fourth-order valence-corrected chi connectivity index (χ4v) is 4.13. The smallest absolute Gasteiger partial charge is 0.345 e. The maximum absolute atomic E-state index is 13.8. The number of nitrogens with one attached hydrogen (secondary N) is 2. The van der Waals surface area contributed by atoms with Crippen molar-refractivity contribution in [3.05, 3.63) is 73.7 Å². The molecule has 0 heterocycles. The molecular formula is C25H20Cl3F9N2O2. The van der Waals surface area contributed by atoms with E-state index < -0.39 is 71.5 Å². The number of allylic oxidation sites excluding steroid dienone is 1. The highest BCUT2D eigenvalue weighted by atomic mass is 35.5. The van der Waals surface area contributed by atoms with Crippen molar-refractivity contribution in [1.29, 1.82) is 0 Å². The van der Waals surface area contributed by atoms with Gasteiger partial charge >= 0.3 is 18.5 Å². The van der Waals surface area contributed by atoms with Gasteiger partial charge in [0, 0.05) is 0 Å². The second-order valence-corrected chi connectivity index (χ2v) is 10.2. The summed E-state index contributed by atoms with van der Waals surface area (Å²) in [5.74, 6) is -5.89. The highest BCUT2D eigenvalue weighted by molar-refractivity contribution is 6.48. The summed E-state index contributed by atoms with van der Waals surface area (Å²) in [5.41, 5.74) is -3.38. The monoisotopic (exact) mass is 656 g/mol. The number of amides is 2. The highest BCUT2D eigenvalue weighted by Crippen LogP contribution is 2.41. The van der Waals surface area contributed by atoms with E-state index in [-0.39, 0.29) is 20.6 Å². The van der Waals surface area contributed by atoms with Gasteiger partial charge in [-0.25, -0.2) is 0 Å². The van der Waals surface area contributed by atoms with Gasteiger partial charge in [0.2, 0.25) is 5.91 Å². The van der Waals surface area contributed by atoms with Crippen LogP contribution in [0.2, 0.25) is 15.1 Å². The largest absolute Gasteiger partial charge is 0.417 e. The van der Waals surface area contributed by atoms with Crippen molar-refractivity contribution in [2.24, 2.45) is 5.92 Å². The first kappa shape index (κ1) is 34.6. The molecule has 41 heavy (non-hydrogen) atoms. The Balaban J connectivity index is 2.43. The van der Waals surface area contributed by atoms with E-state index in [1.54, 1.807) is 5.32 Å². The van der Waals surface area contributed by atoms with Crippen LogP contribution >= 0.6 is 34.8 Å². The standard InChI is InChI=1S/C25H20Cl3F9N2O2/c1-11(2)20(22(41)38-10-23(29,30)31)39-21(40)14-5-3-12(7-16(14)25(35,36)37)4-6-15(24(32,33)34)13-8-17(26)19(28)18(27)9-13/h3-9,11,15,20H,10H2,1-2H3,(H,38,41)(H,39,40). The lowest BCUT2D eigenvalue weighted by atomic mass is 9.96. The third kappa shape index (κ3) is 9.71. The van der Waals surface area contributed by atoms with Crippen molar-refractivity contribution in [2.75, 3.05) is 6.54 Å². The first-order valence-corrected chi connectivity index (χ1v) is 12.5. The predicted octanol–water partition coefficient (Wildman–Crippen LogP) is 8.46. The molecule has 0 aliphatic heterocycles. The van der Waals surface area contributed by atoms with E-state index in [0.29, 0.717) is 18.2 Å². The van der Waals surface area contributed by atoms with Gasteiger partial charge in [-0.1, -0.05) is 66.9 Å². The molecule has 2 atom stereocenters. The second kappa shape index (κ2) is 13.1. The minimum Gasteiger partial charge on any atom is -0.345 e. The molecule has 2 rings (SSSR count). The summed E-state index contributed by atoms with van der Waals surface area (Å²) in [6, 6.07) is 2.18. The van der Waals surface area contributed by atoms with E-state index in [1.165, 1.54) is 13.8 Å². The van der Waals surface area contributed by atoms with Gasteiger partial charge in [0.05, 0.1) is 32.1 Å². The fourth-order valence-electron chi connectivity index (χ4n) is 3.52. The van der Waals surface area contributed by atoms with Crippen LogP contribution in [-0.2, 0) is 11.0 Å². The molecule has 2 aromatic carbocycles. The van der Waals surface area contributed by atoms with Crippen LogP contribution in [0.1, 0.15) is 46.8 Å². The Kier molecular flexibility index (Phi) is 11.1. The lowest BCUT2D eigenvalue weighted by Crippen LogP contribution is -2.51. The molecule has 0 aromatic heterocycles. The van der Waals surface area contributed by atoms with Crippen LogP contribution in [0.4, 0.5) is 39.5 Å². The average Bonchev–Trinajstić information content (AvgIpc) is 2.82. The van der Waals surface area contributed by atoms with Gasteiger partial charge in [-0.15, -0.1) is 0 Å². The Labute approximate surface area is 242 Å². The van der Waals surface area contributed by atoms with Gasteiger partial charge in [-0.05, 0) is 41.3 Å². The van der Waals surface area contributed by atoms with Crippen LogP contribution in [0.15, 0.2) is 36.4 Å². The molecule has 2 unspecified atom stereocenters. The highest BCUT2D eigenvalue weighted by Gasteiger charge is 2.40. The molecule has 0 aliphatic rings. The lowest BCUT2D eigenvalue weighted by Gasteiger charge is -2.23. The topological polar surface area (TPSA) is 58.2 Å². The molecule has 0 radical (unpaired) electrons. The van der Waals surface area contributed by atoms with Crippen LogP contribution in [0, 0.1) is 5.92 Å². The maximum Gasteiger partial charge on any atom is 0.417 e. The van der Waals surface area contributed by atoms with Gasteiger partial charge in [-0.3, -0.25) is 9.59 Å². The molecule has 0 fully saturated rings. The molecule has 0 saturated carbocycles. The van der Waals surface area contributed by atoms with Crippen molar-refractivity contribution in [1.82, 2.24) is 10.6 Å². The number of alkyl halides is 9. The van der Waals surface area contributed by atoms with Crippen molar-refractivity contribution >= 4 is 52.7 Å². The Hall–Kier alpha value is -2.64. The van der Waals surface area contributed by atoms with Crippen molar-refractivity contribution < 1.29 is 49.1 Å². The van der Waals surface area contributed by atoms with E-state index in [4.69, 9.17) is 34.8 Å². The molecule has 0 bridgehead atoms. The summed E-state index contributed by atoms with van der Waals surface area (Å²) in [4.78, 5) is 24.9. The number of carbonyl (C=O) groups is 2. The molecule has 0 saturated heterocycles. The molecule has 2 amide bonds. The van der Waals surface area contributed by atoms with E-state index in [1.807, 2.05) is 5.32 Å². The van der Waals surface area contributed by atoms with Crippen LogP contribution in [-0.4, -0.2) is 36.8 Å². The van der Waals surface area contributed by atoms with Gasteiger partial charge in [0.25, 0.3) is 5.91 Å². The van der Waals surface area contributed by atoms with Gasteiger partial charge in [-0.2, -0.15) is 39.5 Å². The molecule has 2 aromatic rings. The summed E-state index contributed by atoms with van der Waals surface area (Å²) in [7, 11) is 0. The number of hydrogen-bond acceptors (Lipinski definition) is 2. The first-order chi connectivity index (χ1) is 18.6. The fraction of sp³-hybridized carbons (Fsp3) is 0.360. The van der Waals surface area contributed by atoms with Crippen molar-refractivity contribution in [3.8, 4) is 0 Å². The first-order valence-electron chi connectivity index (χ1n) is 11.4. The number of carbonyl (C=O) groups excluding carboxylic acids is 2. The number of benzene rings is 2. The maximum atomic E-state index is 13.8. The van der Waals surface area contributed by atoms with Gasteiger partial charge in [0.15, 0.2) is 0 Å². The van der Waals surface area contributed by atoms with Gasteiger partial charge < -0.3 is 10.6 Å². The molecular weight excluding hydrogens is 638 g/mol. The Morgan fingerprint density at radius 3 is 1.93 bits per heavy atom. The van der Waals surface area contributed by atoms with Gasteiger partial charge in [0.1, 0.15) is 12.6 Å². The summed E-state index contributed by atoms with van der Waals surface area (Å²) in [6.07, 6.45) is -13.6. The minimum atomic E-state index is -5.18. The van der Waals surface area contributed by atoms with E-state index >= 15 is 0 Å². The minimum absolute atomic E-state index is 0.191. The van der Waals surface area contributed by atoms with Crippen LogP contribution in [0.3, 0.4) is 0 Å². The molecule has 2 N–H and O–H groups in total. The number of hydrogen-bond donors (Lipinski definition) is 2. The summed E-state index contributed by atoms with van der Waals surface area (Å²) in [6.45, 7) is 0.955. The predicted molar refractivity (Wildman–Crippen MR) is 136 cm³/mol. The summed E-state index contributed by atoms with van der Waals surface area (Å²) < 4.78 is 120. The lowest BCUT2D eigenvalue weighted by molar-refractivity contribution is -0.140. The van der Waals surface area contributed by atoms with E-state index in [9.17, 15) is 49.1 Å². The Morgan fingerprint density at radius 1 is 0.902 bits per heavy atom. The molecule has 0 aliphatic carbocycles. The van der Waals surface area contributed by atoms with Crippen molar-refractivity contribution in [2.45, 2.75) is 44.3 Å². The second-order valence-electron chi connectivity index (χ2n) is 9.01. The average molecular weight is 658 g/mol.